The second kappa shape index (κ2) is 5.65. The van der Waals surface area contributed by atoms with E-state index in [1.165, 1.54) is 0 Å². The highest BCUT2D eigenvalue weighted by Gasteiger charge is 2.35. The summed E-state index contributed by atoms with van der Waals surface area (Å²) in [6, 6.07) is 12.9. The fourth-order valence-electron chi connectivity index (χ4n) is 3.07. The van der Waals surface area contributed by atoms with Crippen LogP contribution in [0.4, 0.5) is 0 Å². The molecule has 1 aliphatic rings. The monoisotopic (exact) mass is 318 g/mol. The van der Waals surface area contributed by atoms with Gasteiger partial charge in [-0.1, -0.05) is 50.2 Å². The van der Waals surface area contributed by atoms with Crippen LogP contribution in [-0.2, 0) is 10.0 Å². The van der Waals surface area contributed by atoms with Crippen molar-refractivity contribution >= 4 is 20.8 Å². The molecule has 2 aromatic carbocycles. The predicted octanol–water partition coefficient (Wildman–Crippen LogP) is 2.51. The number of hydrogen-bond acceptors (Lipinski definition) is 3. The van der Waals surface area contributed by atoms with Crippen molar-refractivity contribution in [1.82, 2.24) is 10.0 Å². The maximum Gasteiger partial charge on any atom is 0.241 e. The van der Waals surface area contributed by atoms with Crippen molar-refractivity contribution in [2.24, 2.45) is 5.41 Å². The van der Waals surface area contributed by atoms with Gasteiger partial charge in [-0.25, -0.2) is 13.1 Å². The van der Waals surface area contributed by atoms with Crippen molar-refractivity contribution in [1.29, 1.82) is 0 Å². The van der Waals surface area contributed by atoms with E-state index >= 15 is 0 Å². The third-order valence-corrected chi connectivity index (χ3v) is 6.00. The molecule has 2 aromatic rings. The summed E-state index contributed by atoms with van der Waals surface area (Å²) in [5.74, 6) is 0. The summed E-state index contributed by atoms with van der Waals surface area (Å²) in [5.41, 5.74) is -0.101. The van der Waals surface area contributed by atoms with E-state index in [1.54, 1.807) is 12.1 Å². The van der Waals surface area contributed by atoms with Crippen LogP contribution in [0.25, 0.3) is 10.8 Å². The van der Waals surface area contributed by atoms with Crippen LogP contribution in [0.15, 0.2) is 47.4 Å². The van der Waals surface area contributed by atoms with E-state index in [4.69, 9.17) is 0 Å². The van der Waals surface area contributed by atoms with E-state index in [0.717, 1.165) is 30.3 Å². The van der Waals surface area contributed by atoms with Gasteiger partial charge in [-0.3, -0.25) is 0 Å². The third-order valence-electron chi connectivity index (χ3n) is 4.47. The molecule has 0 bridgehead atoms. The van der Waals surface area contributed by atoms with Gasteiger partial charge in [0.05, 0.1) is 4.90 Å². The van der Waals surface area contributed by atoms with E-state index in [1.807, 2.05) is 30.3 Å². The Morgan fingerprint density at radius 3 is 2.64 bits per heavy atom. The molecule has 1 atom stereocenters. The molecule has 0 aromatic heterocycles. The topological polar surface area (TPSA) is 58.2 Å². The molecule has 5 heteroatoms. The third kappa shape index (κ3) is 2.89. The minimum Gasteiger partial charge on any atom is -0.316 e. The van der Waals surface area contributed by atoms with Gasteiger partial charge in [0.15, 0.2) is 0 Å². The van der Waals surface area contributed by atoms with Gasteiger partial charge in [-0.15, -0.1) is 0 Å². The number of hydrogen-bond donors (Lipinski definition) is 2. The van der Waals surface area contributed by atoms with Crippen LogP contribution in [0.5, 0.6) is 0 Å². The maximum atomic E-state index is 12.9. The van der Waals surface area contributed by atoms with Gasteiger partial charge in [-0.2, -0.15) is 0 Å². The Labute approximate surface area is 132 Å². The van der Waals surface area contributed by atoms with Gasteiger partial charge >= 0.3 is 0 Å². The molecule has 0 aliphatic carbocycles. The standard InChI is InChI=1S/C17H22N2O2S/c1-17(2)12-18-11-10-16(17)19-22(20,21)15-9-5-7-13-6-3-4-8-14(13)15/h3-9,16,18-19H,10-12H2,1-2H3. The summed E-state index contributed by atoms with van der Waals surface area (Å²) in [6.45, 7) is 5.84. The highest BCUT2D eigenvalue weighted by molar-refractivity contribution is 7.89. The van der Waals surface area contributed by atoms with E-state index in [-0.39, 0.29) is 11.5 Å². The smallest absolute Gasteiger partial charge is 0.241 e. The van der Waals surface area contributed by atoms with Crippen molar-refractivity contribution < 1.29 is 8.42 Å². The van der Waals surface area contributed by atoms with Crippen molar-refractivity contribution in [3.05, 3.63) is 42.5 Å². The molecule has 2 N–H and O–H groups in total. The lowest BCUT2D eigenvalue weighted by Crippen LogP contribution is -2.54. The van der Waals surface area contributed by atoms with Crippen molar-refractivity contribution in [2.75, 3.05) is 13.1 Å². The number of benzene rings is 2. The molecule has 4 nitrogen and oxygen atoms in total. The highest BCUT2D eigenvalue weighted by Crippen LogP contribution is 2.28. The fourth-order valence-corrected chi connectivity index (χ4v) is 4.74. The highest BCUT2D eigenvalue weighted by atomic mass is 32.2. The normalized spacial score (nSPS) is 21.8. The average molecular weight is 318 g/mol. The number of rotatable bonds is 3. The van der Waals surface area contributed by atoms with Crippen LogP contribution in [0.3, 0.4) is 0 Å². The molecule has 1 aliphatic heterocycles. The minimum atomic E-state index is -3.54. The lowest BCUT2D eigenvalue weighted by molar-refractivity contribution is 0.206. The summed E-state index contributed by atoms with van der Waals surface area (Å²) in [5, 5.41) is 5.03. The molecule has 0 saturated carbocycles. The Bertz CT molecular complexity index is 779. The van der Waals surface area contributed by atoms with Gasteiger partial charge < -0.3 is 5.32 Å². The largest absolute Gasteiger partial charge is 0.316 e. The molecule has 1 fully saturated rings. The first-order chi connectivity index (χ1) is 10.4. The van der Waals surface area contributed by atoms with Crippen molar-refractivity contribution in [2.45, 2.75) is 31.2 Å². The van der Waals surface area contributed by atoms with Crippen molar-refractivity contribution in [3.8, 4) is 0 Å². The van der Waals surface area contributed by atoms with Crippen LogP contribution in [0.1, 0.15) is 20.3 Å². The zero-order valence-corrected chi connectivity index (χ0v) is 13.8. The summed E-state index contributed by atoms with van der Waals surface area (Å²) in [4.78, 5) is 0.361. The Morgan fingerprint density at radius 1 is 1.14 bits per heavy atom. The lowest BCUT2D eigenvalue weighted by atomic mass is 9.81. The lowest BCUT2D eigenvalue weighted by Gasteiger charge is -2.39. The molecule has 22 heavy (non-hydrogen) atoms. The molecule has 0 spiro atoms. The minimum absolute atomic E-state index is 0.0577. The summed E-state index contributed by atoms with van der Waals surface area (Å²) < 4.78 is 28.7. The van der Waals surface area contributed by atoms with Gasteiger partial charge in [0.25, 0.3) is 0 Å². The predicted molar refractivity (Wildman–Crippen MR) is 89.3 cm³/mol. The van der Waals surface area contributed by atoms with Crippen LogP contribution in [0.2, 0.25) is 0 Å². The van der Waals surface area contributed by atoms with Gasteiger partial charge in [0.1, 0.15) is 0 Å². The number of piperidine rings is 1. The molecule has 0 amide bonds. The SMILES string of the molecule is CC1(C)CNCCC1NS(=O)(=O)c1cccc2ccccc12. The maximum absolute atomic E-state index is 12.9. The van der Waals surface area contributed by atoms with Crippen LogP contribution >= 0.6 is 0 Å². The number of fused-ring (bicyclic) bond motifs is 1. The zero-order chi connectivity index (χ0) is 15.8. The van der Waals surface area contributed by atoms with E-state index in [2.05, 4.69) is 23.9 Å². The zero-order valence-electron chi connectivity index (χ0n) is 13.0. The van der Waals surface area contributed by atoms with Gasteiger partial charge in [0.2, 0.25) is 10.0 Å². The second-order valence-corrected chi connectivity index (χ2v) is 8.29. The second-order valence-electron chi connectivity index (χ2n) is 6.61. The van der Waals surface area contributed by atoms with Gasteiger partial charge in [-0.05, 0) is 29.8 Å². The molecular weight excluding hydrogens is 296 g/mol. The van der Waals surface area contributed by atoms with Crippen molar-refractivity contribution in [3.63, 3.8) is 0 Å². The van der Waals surface area contributed by atoms with Crippen LogP contribution in [0, 0.1) is 5.41 Å². The van der Waals surface area contributed by atoms with Crippen LogP contribution in [-0.4, -0.2) is 27.5 Å². The Kier molecular flexibility index (Phi) is 3.97. The fraction of sp³-hybridized carbons (Fsp3) is 0.412. The quantitative estimate of drug-likeness (QED) is 0.914. The molecule has 3 rings (SSSR count). The molecule has 0 radical (unpaired) electrons. The first-order valence-electron chi connectivity index (χ1n) is 7.61. The number of sulfonamides is 1. The first-order valence-corrected chi connectivity index (χ1v) is 9.09. The molecule has 1 unspecified atom stereocenters. The molecule has 1 saturated heterocycles. The van der Waals surface area contributed by atoms with E-state index < -0.39 is 10.0 Å². The molecular formula is C17H22N2O2S. The summed E-state index contributed by atoms with van der Waals surface area (Å²) >= 11 is 0. The molecule has 118 valence electrons. The Hall–Kier alpha value is -1.43. The summed E-state index contributed by atoms with van der Waals surface area (Å²) in [6.07, 6.45) is 0.803. The van der Waals surface area contributed by atoms with E-state index in [9.17, 15) is 8.42 Å². The first kappa shape index (κ1) is 15.5. The average Bonchev–Trinajstić information content (AvgIpc) is 2.48. The molecule has 1 heterocycles. The Balaban J connectivity index is 1.98. The van der Waals surface area contributed by atoms with E-state index in [0.29, 0.717) is 4.90 Å². The van der Waals surface area contributed by atoms with Crippen LogP contribution < -0.4 is 10.0 Å². The van der Waals surface area contributed by atoms with Gasteiger partial charge in [0, 0.05) is 18.0 Å². The Morgan fingerprint density at radius 2 is 1.86 bits per heavy atom. The summed E-state index contributed by atoms with van der Waals surface area (Å²) in [7, 11) is -3.54. The number of nitrogens with one attached hydrogen (secondary N) is 2.